The summed E-state index contributed by atoms with van der Waals surface area (Å²) in [6.45, 7) is 8.88. The van der Waals surface area contributed by atoms with Crippen LogP contribution < -0.4 is 0 Å². The Morgan fingerprint density at radius 1 is 0.913 bits per heavy atom. The van der Waals surface area contributed by atoms with Crippen LogP contribution in [0.2, 0.25) is 0 Å². The number of nitrogens with zero attached hydrogens (tertiary/aromatic N) is 2. The van der Waals surface area contributed by atoms with Crippen molar-refractivity contribution in [3.05, 3.63) is 0 Å². The van der Waals surface area contributed by atoms with Crippen LogP contribution >= 0.6 is 0 Å². The Morgan fingerprint density at radius 2 is 1.74 bits per heavy atom. The van der Waals surface area contributed by atoms with Gasteiger partial charge in [0, 0.05) is 50.2 Å². The lowest BCUT2D eigenvalue weighted by atomic mass is 9.77. The van der Waals surface area contributed by atoms with Crippen molar-refractivity contribution < 1.29 is 4.74 Å². The standard InChI is InChI=1S/C20H34N2O/c1-2-19(3-1)22-9-8-20(15-22)14-21(10-16-4-5-16)11-18(20)13-23-12-17-6-7-17/h16-19H,1-15H2/t18-,20-/m0/s1. The molecule has 3 aliphatic carbocycles. The summed E-state index contributed by atoms with van der Waals surface area (Å²) >= 11 is 0. The van der Waals surface area contributed by atoms with E-state index in [0.717, 1.165) is 37.0 Å². The maximum Gasteiger partial charge on any atom is 0.0512 e. The van der Waals surface area contributed by atoms with Crippen LogP contribution in [0.4, 0.5) is 0 Å². The molecule has 23 heavy (non-hydrogen) atoms. The minimum Gasteiger partial charge on any atom is -0.381 e. The predicted octanol–water partition coefficient (Wildman–Crippen LogP) is 3.00. The Labute approximate surface area is 141 Å². The van der Waals surface area contributed by atoms with Crippen molar-refractivity contribution in [2.75, 3.05) is 45.9 Å². The molecular formula is C20H34N2O. The summed E-state index contributed by atoms with van der Waals surface area (Å²) in [5, 5.41) is 0. The zero-order chi connectivity index (χ0) is 15.3. The quantitative estimate of drug-likeness (QED) is 0.718. The molecule has 0 aromatic rings. The van der Waals surface area contributed by atoms with E-state index in [1.54, 1.807) is 0 Å². The van der Waals surface area contributed by atoms with E-state index in [2.05, 4.69) is 9.80 Å². The van der Waals surface area contributed by atoms with E-state index in [4.69, 9.17) is 4.74 Å². The Bertz CT molecular complexity index is 429. The Hall–Kier alpha value is -0.120. The van der Waals surface area contributed by atoms with Crippen molar-refractivity contribution in [2.45, 2.75) is 57.4 Å². The van der Waals surface area contributed by atoms with Crippen molar-refractivity contribution >= 4 is 0 Å². The predicted molar refractivity (Wildman–Crippen MR) is 92.5 cm³/mol. The van der Waals surface area contributed by atoms with Gasteiger partial charge >= 0.3 is 0 Å². The molecule has 2 atom stereocenters. The van der Waals surface area contributed by atoms with Gasteiger partial charge in [-0.05, 0) is 63.3 Å². The highest BCUT2D eigenvalue weighted by molar-refractivity contribution is 5.04. The molecule has 0 amide bonds. The number of ether oxygens (including phenoxy) is 1. The summed E-state index contributed by atoms with van der Waals surface area (Å²) < 4.78 is 6.19. The van der Waals surface area contributed by atoms with Gasteiger partial charge < -0.3 is 9.64 Å². The molecule has 1 spiro atoms. The normalized spacial score (nSPS) is 39.4. The molecule has 130 valence electrons. The molecular weight excluding hydrogens is 284 g/mol. The molecule has 3 heteroatoms. The fraction of sp³-hybridized carbons (Fsp3) is 1.00. The van der Waals surface area contributed by atoms with E-state index in [0.29, 0.717) is 5.41 Å². The van der Waals surface area contributed by atoms with Gasteiger partial charge in [0.15, 0.2) is 0 Å². The summed E-state index contributed by atoms with van der Waals surface area (Å²) in [5.74, 6) is 2.73. The lowest BCUT2D eigenvalue weighted by Gasteiger charge is -2.37. The van der Waals surface area contributed by atoms with Crippen molar-refractivity contribution in [1.29, 1.82) is 0 Å². The third kappa shape index (κ3) is 3.21. The molecule has 2 heterocycles. The fourth-order valence-electron chi connectivity index (χ4n) is 5.29. The summed E-state index contributed by atoms with van der Waals surface area (Å²) in [6.07, 6.45) is 11.6. The first-order valence-electron chi connectivity index (χ1n) is 10.3. The van der Waals surface area contributed by atoms with Crippen LogP contribution in [-0.2, 0) is 4.74 Å². The highest BCUT2D eigenvalue weighted by atomic mass is 16.5. The monoisotopic (exact) mass is 318 g/mol. The van der Waals surface area contributed by atoms with Crippen LogP contribution in [0.1, 0.15) is 51.4 Å². The Morgan fingerprint density at radius 3 is 2.43 bits per heavy atom. The van der Waals surface area contributed by atoms with Gasteiger partial charge in [-0.25, -0.2) is 0 Å². The smallest absolute Gasteiger partial charge is 0.0512 e. The number of hydrogen-bond donors (Lipinski definition) is 0. The summed E-state index contributed by atoms with van der Waals surface area (Å²) in [4.78, 5) is 5.66. The van der Waals surface area contributed by atoms with Gasteiger partial charge in [-0.1, -0.05) is 6.42 Å². The Balaban J connectivity index is 1.22. The maximum absolute atomic E-state index is 6.19. The van der Waals surface area contributed by atoms with E-state index >= 15 is 0 Å². The minimum atomic E-state index is 0.564. The van der Waals surface area contributed by atoms with Gasteiger partial charge in [0.1, 0.15) is 0 Å². The second kappa shape index (κ2) is 6.00. The molecule has 5 aliphatic rings. The lowest BCUT2D eigenvalue weighted by Crippen LogP contribution is -2.42. The van der Waals surface area contributed by atoms with Crippen LogP contribution in [0.15, 0.2) is 0 Å². The third-order valence-electron chi connectivity index (χ3n) is 7.47. The first-order chi connectivity index (χ1) is 11.3. The van der Waals surface area contributed by atoms with Gasteiger partial charge in [0.2, 0.25) is 0 Å². The summed E-state index contributed by atoms with van der Waals surface area (Å²) in [5.41, 5.74) is 0.564. The largest absolute Gasteiger partial charge is 0.381 e. The van der Waals surface area contributed by atoms with E-state index in [-0.39, 0.29) is 0 Å². The lowest BCUT2D eigenvalue weighted by molar-refractivity contribution is 0.0504. The fourth-order valence-corrected chi connectivity index (χ4v) is 5.29. The highest BCUT2D eigenvalue weighted by Crippen LogP contribution is 2.47. The molecule has 2 aliphatic heterocycles. The van der Waals surface area contributed by atoms with Crippen LogP contribution in [0.3, 0.4) is 0 Å². The van der Waals surface area contributed by atoms with Gasteiger partial charge in [-0.15, -0.1) is 0 Å². The van der Waals surface area contributed by atoms with Gasteiger partial charge in [-0.2, -0.15) is 0 Å². The molecule has 0 N–H and O–H groups in total. The van der Waals surface area contributed by atoms with Crippen molar-refractivity contribution in [3.63, 3.8) is 0 Å². The second-order valence-electron chi connectivity index (χ2n) is 9.48. The molecule has 0 radical (unpaired) electrons. The topological polar surface area (TPSA) is 15.7 Å². The summed E-state index contributed by atoms with van der Waals surface area (Å²) in [6, 6.07) is 0.930. The molecule has 0 aromatic carbocycles. The molecule has 0 unspecified atom stereocenters. The van der Waals surface area contributed by atoms with Gasteiger partial charge in [-0.3, -0.25) is 4.90 Å². The van der Waals surface area contributed by atoms with E-state index < -0.39 is 0 Å². The van der Waals surface area contributed by atoms with Crippen LogP contribution in [-0.4, -0.2) is 61.8 Å². The molecule has 3 nitrogen and oxygen atoms in total. The van der Waals surface area contributed by atoms with Crippen molar-refractivity contribution in [2.24, 2.45) is 23.2 Å². The molecule has 5 rings (SSSR count). The molecule has 0 aromatic heterocycles. The van der Waals surface area contributed by atoms with E-state index in [1.807, 2.05) is 0 Å². The average Bonchev–Trinajstić information content (AvgIpc) is 3.38. The number of rotatable bonds is 7. The zero-order valence-electron chi connectivity index (χ0n) is 14.7. The number of likely N-dealkylation sites (tertiary alicyclic amines) is 2. The van der Waals surface area contributed by atoms with Gasteiger partial charge in [0.05, 0.1) is 6.61 Å². The first kappa shape index (κ1) is 15.2. The zero-order valence-corrected chi connectivity index (χ0v) is 14.7. The minimum absolute atomic E-state index is 0.564. The second-order valence-corrected chi connectivity index (χ2v) is 9.48. The SMILES string of the molecule is C1CC(N2CC[C@]3(CN(CC4CC4)C[C@H]3COCC3CC3)C2)C1. The van der Waals surface area contributed by atoms with Crippen molar-refractivity contribution in [3.8, 4) is 0 Å². The molecule has 2 saturated heterocycles. The Kier molecular flexibility index (Phi) is 3.95. The summed E-state index contributed by atoms with van der Waals surface area (Å²) in [7, 11) is 0. The molecule has 3 saturated carbocycles. The maximum atomic E-state index is 6.19. The third-order valence-corrected chi connectivity index (χ3v) is 7.47. The average molecular weight is 319 g/mol. The number of hydrogen-bond acceptors (Lipinski definition) is 3. The van der Waals surface area contributed by atoms with Crippen LogP contribution in [0, 0.1) is 23.2 Å². The highest BCUT2D eigenvalue weighted by Gasteiger charge is 2.52. The van der Waals surface area contributed by atoms with E-state index in [9.17, 15) is 0 Å². The van der Waals surface area contributed by atoms with E-state index in [1.165, 1.54) is 84.1 Å². The van der Waals surface area contributed by atoms with Crippen LogP contribution in [0.25, 0.3) is 0 Å². The van der Waals surface area contributed by atoms with Gasteiger partial charge in [0.25, 0.3) is 0 Å². The van der Waals surface area contributed by atoms with Crippen LogP contribution in [0.5, 0.6) is 0 Å². The molecule has 5 fully saturated rings. The first-order valence-corrected chi connectivity index (χ1v) is 10.3. The molecule has 0 bridgehead atoms. The van der Waals surface area contributed by atoms with Crippen molar-refractivity contribution in [1.82, 2.24) is 9.80 Å².